The van der Waals surface area contributed by atoms with E-state index in [1.165, 1.54) is 0 Å². The molecule has 21 heavy (non-hydrogen) atoms. The highest BCUT2D eigenvalue weighted by Gasteiger charge is 2.30. The Morgan fingerprint density at radius 2 is 2.14 bits per heavy atom. The molecule has 0 bridgehead atoms. The topological polar surface area (TPSA) is 61.8 Å². The molecule has 5 nitrogen and oxygen atoms in total. The third kappa shape index (κ3) is 2.93. The highest BCUT2D eigenvalue weighted by Crippen LogP contribution is 2.39. The Bertz CT molecular complexity index is 558. The third-order valence-electron chi connectivity index (χ3n) is 4.20. The van der Waals surface area contributed by atoms with Crippen LogP contribution >= 0.6 is 15.9 Å². The van der Waals surface area contributed by atoms with Crippen LogP contribution in [0.15, 0.2) is 16.6 Å². The van der Waals surface area contributed by atoms with E-state index in [1.54, 1.807) is 0 Å². The molecule has 1 unspecified atom stereocenters. The minimum atomic E-state index is -1.06. The number of hydrogen-bond acceptors (Lipinski definition) is 4. The molecule has 114 valence electrons. The first-order chi connectivity index (χ1) is 10.1. The Morgan fingerprint density at radius 3 is 2.86 bits per heavy atom. The van der Waals surface area contributed by atoms with Gasteiger partial charge in [-0.05, 0) is 46.8 Å². The first-order valence-electron chi connectivity index (χ1n) is 7.17. The van der Waals surface area contributed by atoms with Gasteiger partial charge in [0.15, 0.2) is 6.10 Å². The molecule has 0 spiro atoms. The quantitative estimate of drug-likeness (QED) is 0.874. The molecule has 2 aliphatic rings. The average molecular weight is 355 g/mol. The largest absolute Gasteiger partial charge is 0.381 e. The maximum absolute atomic E-state index is 11.5. The summed E-state index contributed by atoms with van der Waals surface area (Å²) in [5.41, 5.74) is 2.36. The van der Waals surface area contributed by atoms with Crippen LogP contribution in [0.25, 0.3) is 0 Å². The van der Waals surface area contributed by atoms with Gasteiger partial charge in [0.2, 0.25) is 0 Å². The van der Waals surface area contributed by atoms with E-state index in [0.29, 0.717) is 17.2 Å². The van der Waals surface area contributed by atoms with Crippen molar-refractivity contribution in [2.45, 2.75) is 18.9 Å². The number of hydrogen-bond donors (Lipinski definition) is 2. The maximum atomic E-state index is 11.5. The number of aliphatic hydroxyl groups excluding tert-OH is 1. The molecule has 0 aromatic heterocycles. The van der Waals surface area contributed by atoms with Crippen LogP contribution in [0.2, 0.25) is 0 Å². The minimum absolute atomic E-state index is 0.360. The van der Waals surface area contributed by atoms with Crippen molar-refractivity contribution in [1.82, 2.24) is 0 Å². The smallest absolute Gasteiger partial charge is 0.257 e. The van der Waals surface area contributed by atoms with Gasteiger partial charge in [-0.1, -0.05) is 0 Å². The van der Waals surface area contributed by atoms with E-state index in [-0.39, 0.29) is 5.91 Å². The van der Waals surface area contributed by atoms with E-state index in [4.69, 9.17) is 4.74 Å². The van der Waals surface area contributed by atoms with Gasteiger partial charge < -0.3 is 20.1 Å². The van der Waals surface area contributed by atoms with Crippen molar-refractivity contribution in [1.29, 1.82) is 0 Å². The fourth-order valence-electron chi connectivity index (χ4n) is 2.96. The van der Waals surface area contributed by atoms with Crippen molar-refractivity contribution in [3.63, 3.8) is 0 Å². The number of carbonyl (C=O) groups excluding carboxylic acids is 1. The van der Waals surface area contributed by atoms with Gasteiger partial charge in [0, 0.05) is 42.5 Å². The fourth-order valence-corrected chi connectivity index (χ4v) is 3.62. The van der Waals surface area contributed by atoms with Crippen molar-refractivity contribution < 1.29 is 14.6 Å². The van der Waals surface area contributed by atoms with E-state index in [9.17, 15) is 9.90 Å². The molecule has 3 rings (SSSR count). The molecular formula is C15H19BrN2O3. The van der Waals surface area contributed by atoms with Crippen LogP contribution in [0.4, 0.5) is 11.4 Å². The Morgan fingerprint density at radius 1 is 1.43 bits per heavy atom. The number of nitrogens with zero attached hydrogens (tertiary/aromatic N) is 1. The summed E-state index contributed by atoms with van der Waals surface area (Å²) in [6.07, 6.45) is 1.11. The summed E-state index contributed by atoms with van der Waals surface area (Å²) in [4.78, 5) is 13.7. The van der Waals surface area contributed by atoms with E-state index in [0.717, 1.165) is 42.8 Å². The predicted octanol–water partition coefficient (Wildman–Crippen LogP) is 2.30. The molecule has 2 N–H and O–H groups in total. The number of anilines is 2. The average Bonchev–Trinajstić information content (AvgIpc) is 2.74. The Labute approximate surface area is 132 Å². The van der Waals surface area contributed by atoms with Gasteiger partial charge in [-0.15, -0.1) is 0 Å². The number of halogens is 1. The molecule has 1 amide bonds. The number of rotatable bonds is 3. The summed E-state index contributed by atoms with van der Waals surface area (Å²) in [6, 6.07) is 3.75. The second-order valence-corrected chi connectivity index (χ2v) is 6.57. The van der Waals surface area contributed by atoms with Crippen molar-refractivity contribution in [3.8, 4) is 0 Å². The molecule has 0 radical (unpaired) electrons. The molecule has 1 atom stereocenters. The van der Waals surface area contributed by atoms with Gasteiger partial charge >= 0.3 is 0 Å². The minimum Gasteiger partial charge on any atom is -0.381 e. The van der Waals surface area contributed by atoms with Crippen molar-refractivity contribution in [2.75, 3.05) is 37.0 Å². The Hall–Kier alpha value is -1.11. The van der Waals surface area contributed by atoms with Gasteiger partial charge in [-0.25, -0.2) is 0 Å². The molecule has 0 saturated carbocycles. The second-order valence-electron chi connectivity index (χ2n) is 5.72. The third-order valence-corrected chi connectivity index (χ3v) is 4.84. The van der Waals surface area contributed by atoms with Crippen LogP contribution in [-0.2, 0) is 9.53 Å². The summed E-state index contributed by atoms with van der Waals surface area (Å²) in [7, 11) is 2.05. The molecule has 1 aromatic carbocycles. The lowest BCUT2D eigenvalue weighted by molar-refractivity contribution is -0.123. The van der Waals surface area contributed by atoms with Crippen molar-refractivity contribution in [2.24, 2.45) is 5.92 Å². The van der Waals surface area contributed by atoms with E-state index in [1.807, 2.05) is 12.1 Å². The van der Waals surface area contributed by atoms with E-state index in [2.05, 4.69) is 33.2 Å². The SMILES string of the molecule is CN(CC1CCOCC1)c1cc2c(cc1Br)C(O)C(=O)N2. The Balaban J connectivity index is 1.79. The van der Waals surface area contributed by atoms with E-state index < -0.39 is 6.10 Å². The number of amides is 1. The van der Waals surface area contributed by atoms with Gasteiger partial charge in [-0.2, -0.15) is 0 Å². The van der Waals surface area contributed by atoms with Crippen LogP contribution in [0, 0.1) is 5.92 Å². The summed E-state index contributed by atoms with van der Waals surface area (Å²) in [6.45, 7) is 2.63. The number of fused-ring (bicyclic) bond motifs is 1. The van der Waals surface area contributed by atoms with Crippen LogP contribution in [0.3, 0.4) is 0 Å². The standard InChI is InChI=1S/C15H19BrN2O3/c1-18(8-9-2-4-21-5-3-9)13-7-12-10(6-11(13)16)14(19)15(20)17-12/h6-7,9,14,19H,2-5,8H2,1H3,(H,17,20). The van der Waals surface area contributed by atoms with Crippen LogP contribution in [0.5, 0.6) is 0 Å². The Kier molecular flexibility index (Phi) is 4.19. The van der Waals surface area contributed by atoms with Gasteiger partial charge in [0.25, 0.3) is 5.91 Å². The molecule has 1 saturated heterocycles. The highest BCUT2D eigenvalue weighted by atomic mass is 79.9. The summed E-state index contributed by atoms with van der Waals surface area (Å²) in [5.74, 6) is 0.269. The molecule has 6 heteroatoms. The van der Waals surface area contributed by atoms with Gasteiger partial charge in [-0.3, -0.25) is 4.79 Å². The molecule has 2 aliphatic heterocycles. The monoisotopic (exact) mass is 354 g/mol. The summed E-state index contributed by atoms with van der Waals surface area (Å²) < 4.78 is 6.29. The predicted molar refractivity (Wildman–Crippen MR) is 84.5 cm³/mol. The summed E-state index contributed by atoms with van der Waals surface area (Å²) >= 11 is 3.55. The van der Waals surface area contributed by atoms with Crippen LogP contribution in [0.1, 0.15) is 24.5 Å². The second kappa shape index (κ2) is 5.94. The van der Waals surface area contributed by atoms with Gasteiger partial charge in [0.1, 0.15) is 0 Å². The highest BCUT2D eigenvalue weighted by molar-refractivity contribution is 9.10. The fraction of sp³-hybridized carbons (Fsp3) is 0.533. The van der Waals surface area contributed by atoms with Crippen molar-refractivity contribution >= 4 is 33.2 Å². The normalized spacial score (nSPS) is 22.0. The van der Waals surface area contributed by atoms with Crippen molar-refractivity contribution in [3.05, 3.63) is 22.2 Å². The molecule has 0 aliphatic carbocycles. The number of aliphatic hydroxyl groups is 1. The van der Waals surface area contributed by atoms with Gasteiger partial charge in [0.05, 0.1) is 5.69 Å². The molecular weight excluding hydrogens is 336 g/mol. The molecule has 1 fully saturated rings. The lowest BCUT2D eigenvalue weighted by Crippen LogP contribution is -2.29. The zero-order valence-corrected chi connectivity index (χ0v) is 13.5. The zero-order chi connectivity index (χ0) is 15.0. The van der Waals surface area contributed by atoms with Crippen LogP contribution < -0.4 is 10.2 Å². The number of nitrogens with one attached hydrogen (secondary N) is 1. The molecule has 2 heterocycles. The lowest BCUT2D eigenvalue weighted by atomic mass is 9.99. The summed E-state index contributed by atoms with van der Waals surface area (Å²) in [5, 5.41) is 12.5. The maximum Gasteiger partial charge on any atom is 0.257 e. The number of benzene rings is 1. The molecule has 1 aromatic rings. The number of carbonyl (C=O) groups is 1. The lowest BCUT2D eigenvalue weighted by Gasteiger charge is -2.29. The van der Waals surface area contributed by atoms with E-state index >= 15 is 0 Å². The zero-order valence-electron chi connectivity index (χ0n) is 11.9. The van der Waals surface area contributed by atoms with Crippen LogP contribution in [-0.4, -0.2) is 37.8 Å². The first kappa shape index (κ1) is 14.8. The first-order valence-corrected chi connectivity index (χ1v) is 7.97. The number of ether oxygens (including phenoxy) is 1.